The number of nitrogens with one attached hydrogen (secondary N) is 1. The molecule has 0 atom stereocenters. The number of imide groups is 1. The summed E-state index contributed by atoms with van der Waals surface area (Å²) in [5.41, 5.74) is 3.37. The summed E-state index contributed by atoms with van der Waals surface area (Å²) in [5, 5.41) is 3.76. The third-order valence-electron chi connectivity index (χ3n) is 4.48. The van der Waals surface area contributed by atoms with Crippen LogP contribution in [0.2, 0.25) is 5.02 Å². The standard InChI is InChI=1S/C22H23ClN2O2/c1-4-15-5-11-18(12-6-15)24-20-19(16-7-9-17(23)10-8-16)21(26)25(22(20)27)13-14(2)3/h5-12,14,24H,4,13H2,1-3H3. The molecule has 0 unspecified atom stereocenters. The summed E-state index contributed by atoms with van der Waals surface area (Å²) in [6.07, 6.45) is 0.943. The van der Waals surface area contributed by atoms with Gasteiger partial charge in [0.25, 0.3) is 11.8 Å². The quantitative estimate of drug-likeness (QED) is 0.733. The van der Waals surface area contributed by atoms with Gasteiger partial charge in [-0.2, -0.15) is 0 Å². The molecule has 0 bridgehead atoms. The molecule has 1 N–H and O–H groups in total. The second-order valence-corrected chi connectivity index (χ2v) is 7.48. The van der Waals surface area contributed by atoms with Crippen LogP contribution in [0.15, 0.2) is 54.2 Å². The van der Waals surface area contributed by atoms with Gasteiger partial charge >= 0.3 is 0 Å². The van der Waals surface area contributed by atoms with Gasteiger partial charge in [0.05, 0.1) is 5.57 Å². The van der Waals surface area contributed by atoms with Crippen molar-refractivity contribution in [2.24, 2.45) is 5.92 Å². The molecule has 4 nitrogen and oxygen atoms in total. The Morgan fingerprint density at radius 1 is 0.963 bits per heavy atom. The third-order valence-corrected chi connectivity index (χ3v) is 4.73. The van der Waals surface area contributed by atoms with Gasteiger partial charge in [0.2, 0.25) is 0 Å². The van der Waals surface area contributed by atoms with E-state index in [1.807, 2.05) is 38.1 Å². The smallest absolute Gasteiger partial charge is 0.278 e. The summed E-state index contributed by atoms with van der Waals surface area (Å²) in [5.74, 6) is -0.380. The summed E-state index contributed by atoms with van der Waals surface area (Å²) < 4.78 is 0. The van der Waals surface area contributed by atoms with Crippen LogP contribution in [-0.4, -0.2) is 23.3 Å². The van der Waals surface area contributed by atoms with E-state index in [1.54, 1.807) is 24.3 Å². The van der Waals surface area contributed by atoms with E-state index in [4.69, 9.17) is 11.6 Å². The van der Waals surface area contributed by atoms with E-state index < -0.39 is 0 Å². The highest BCUT2D eigenvalue weighted by molar-refractivity contribution is 6.36. The van der Waals surface area contributed by atoms with Crippen LogP contribution in [0.25, 0.3) is 5.57 Å². The van der Waals surface area contributed by atoms with Crippen molar-refractivity contribution in [2.45, 2.75) is 27.2 Å². The minimum atomic E-state index is -0.293. The molecule has 0 saturated heterocycles. The predicted octanol–water partition coefficient (Wildman–Crippen LogP) is 4.75. The lowest BCUT2D eigenvalue weighted by molar-refractivity contribution is -0.137. The van der Waals surface area contributed by atoms with Crippen LogP contribution < -0.4 is 5.32 Å². The van der Waals surface area contributed by atoms with Crippen molar-refractivity contribution < 1.29 is 9.59 Å². The van der Waals surface area contributed by atoms with Gasteiger partial charge in [-0.3, -0.25) is 14.5 Å². The fraction of sp³-hybridized carbons (Fsp3) is 0.273. The zero-order valence-electron chi connectivity index (χ0n) is 15.8. The zero-order chi connectivity index (χ0) is 19.6. The Morgan fingerprint density at radius 3 is 2.15 bits per heavy atom. The molecule has 1 aliphatic heterocycles. The predicted molar refractivity (Wildman–Crippen MR) is 109 cm³/mol. The Labute approximate surface area is 164 Å². The average Bonchev–Trinajstić information content (AvgIpc) is 2.87. The highest BCUT2D eigenvalue weighted by Crippen LogP contribution is 2.31. The molecule has 5 heteroatoms. The first-order chi connectivity index (χ1) is 12.9. The van der Waals surface area contributed by atoms with Crippen LogP contribution in [0.4, 0.5) is 5.69 Å². The SMILES string of the molecule is CCc1ccc(NC2=C(c3ccc(Cl)cc3)C(=O)N(CC(C)C)C2=O)cc1. The zero-order valence-corrected chi connectivity index (χ0v) is 16.5. The van der Waals surface area contributed by atoms with Crippen molar-refractivity contribution in [1.82, 2.24) is 4.90 Å². The summed E-state index contributed by atoms with van der Waals surface area (Å²) in [6.45, 7) is 6.44. The molecular formula is C22H23ClN2O2. The molecule has 140 valence electrons. The summed E-state index contributed by atoms with van der Waals surface area (Å²) in [6, 6.07) is 14.9. The van der Waals surface area contributed by atoms with Crippen molar-refractivity contribution in [3.8, 4) is 0 Å². The number of hydrogen-bond acceptors (Lipinski definition) is 3. The first kappa shape index (κ1) is 19.2. The molecule has 0 radical (unpaired) electrons. The largest absolute Gasteiger partial charge is 0.350 e. The molecule has 3 rings (SSSR count). The molecule has 0 aromatic heterocycles. The minimum Gasteiger partial charge on any atom is -0.350 e. The van der Waals surface area contributed by atoms with Gasteiger partial charge in [0, 0.05) is 17.3 Å². The molecule has 2 amide bonds. The number of rotatable bonds is 6. The third kappa shape index (κ3) is 4.06. The summed E-state index contributed by atoms with van der Waals surface area (Å²) in [7, 11) is 0. The fourth-order valence-corrected chi connectivity index (χ4v) is 3.20. The lowest BCUT2D eigenvalue weighted by Gasteiger charge is -2.17. The van der Waals surface area contributed by atoms with E-state index in [9.17, 15) is 9.59 Å². The molecule has 0 fully saturated rings. The Balaban J connectivity index is 2.02. The van der Waals surface area contributed by atoms with Crippen LogP contribution >= 0.6 is 11.6 Å². The van der Waals surface area contributed by atoms with E-state index >= 15 is 0 Å². The second kappa shape index (κ2) is 7.97. The normalized spacial score (nSPS) is 14.5. The van der Waals surface area contributed by atoms with Crippen molar-refractivity contribution in [3.05, 3.63) is 70.4 Å². The van der Waals surface area contributed by atoms with Crippen molar-refractivity contribution in [2.75, 3.05) is 11.9 Å². The number of carbonyl (C=O) groups excluding carboxylic acids is 2. The molecule has 2 aromatic carbocycles. The average molecular weight is 383 g/mol. The maximum Gasteiger partial charge on any atom is 0.278 e. The fourth-order valence-electron chi connectivity index (χ4n) is 3.08. The number of carbonyl (C=O) groups is 2. The Kier molecular flexibility index (Phi) is 5.66. The van der Waals surface area contributed by atoms with Crippen LogP contribution in [0.3, 0.4) is 0 Å². The van der Waals surface area contributed by atoms with E-state index in [-0.39, 0.29) is 17.7 Å². The van der Waals surface area contributed by atoms with Crippen LogP contribution in [0, 0.1) is 5.92 Å². The first-order valence-corrected chi connectivity index (χ1v) is 9.50. The van der Waals surface area contributed by atoms with Gasteiger partial charge in [-0.15, -0.1) is 0 Å². The van der Waals surface area contributed by atoms with E-state index in [1.165, 1.54) is 10.5 Å². The van der Waals surface area contributed by atoms with Crippen molar-refractivity contribution in [3.63, 3.8) is 0 Å². The number of anilines is 1. The number of hydrogen-bond donors (Lipinski definition) is 1. The summed E-state index contributed by atoms with van der Waals surface area (Å²) in [4.78, 5) is 27.3. The number of nitrogens with zero attached hydrogens (tertiary/aromatic N) is 1. The van der Waals surface area contributed by atoms with Crippen molar-refractivity contribution >= 4 is 34.7 Å². The summed E-state index contributed by atoms with van der Waals surface area (Å²) >= 11 is 5.98. The van der Waals surface area contributed by atoms with Crippen molar-refractivity contribution in [1.29, 1.82) is 0 Å². The first-order valence-electron chi connectivity index (χ1n) is 9.13. The Bertz CT molecular complexity index is 884. The number of aryl methyl sites for hydroxylation is 1. The Morgan fingerprint density at radius 2 is 1.59 bits per heavy atom. The van der Waals surface area contributed by atoms with Crippen LogP contribution in [0.1, 0.15) is 31.9 Å². The highest BCUT2D eigenvalue weighted by atomic mass is 35.5. The Hall–Kier alpha value is -2.59. The monoisotopic (exact) mass is 382 g/mol. The molecule has 0 aliphatic carbocycles. The van der Waals surface area contributed by atoms with Crippen LogP contribution in [-0.2, 0) is 16.0 Å². The lowest BCUT2D eigenvalue weighted by atomic mass is 10.0. The topological polar surface area (TPSA) is 49.4 Å². The molecule has 0 saturated carbocycles. The molecule has 27 heavy (non-hydrogen) atoms. The van der Waals surface area contributed by atoms with E-state index in [2.05, 4.69) is 12.2 Å². The van der Waals surface area contributed by atoms with E-state index in [0.29, 0.717) is 28.4 Å². The van der Waals surface area contributed by atoms with Gasteiger partial charge in [0.1, 0.15) is 5.70 Å². The van der Waals surface area contributed by atoms with Gasteiger partial charge in [-0.1, -0.05) is 56.6 Å². The second-order valence-electron chi connectivity index (χ2n) is 7.05. The maximum absolute atomic E-state index is 13.0. The minimum absolute atomic E-state index is 0.188. The van der Waals surface area contributed by atoms with Gasteiger partial charge in [-0.05, 0) is 47.7 Å². The molecular weight excluding hydrogens is 360 g/mol. The number of amides is 2. The maximum atomic E-state index is 13.0. The molecule has 1 heterocycles. The van der Waals surface area contributed by atoms with Gasteiger partial charge in [0.15, 0.2) is 0 Å². The highest BCUT2D eigenvalue weighted by Gasteiger charge is 2.39. The van der Waals surface area contributed by atoms with Gasteiger partial charge in [-0.25, -0.2) is 0 Å². The molecule has 0 spiro atoms. The molecule has 1 aliphatic rings. The number of halogens is 1. The lowest BCUT2D eigenvalue weighted by Crippen LogP contribution is -2.35. The number of benzene rings is 2. The van der Waals surface area contributed by atoms with Crippen LogP contribution in [0.5, 0.6) is 0 Å². The molecule has 2 aromatic rings. The van der Waals surface area contributed by atoms with Gasteiger partial charge < -0.3 is 5.32 Å². The van der Waals surface area contributed by atoms with E-state index in [0.717, 1.165) is 12.1 Å².